The van der Waals surface area contributed by atoms with Crippen molar-refractivity contribution in [2.75, 3.05) is 0 Å². The average molecular weight is 168 g/mol. The lowest BCUT2D eigenvalue weighted by molar-refractivity contribution is -0.113. The van der Waals surface area contributed by atoms with E-state index < -0.39 is 0 Å². The lowest BCUT2D eigenvalue weighted by Crippen LogP contribution is -1.96. The molecule has 0 spiro atoms. The van der Waals surface area contributed by atoms with Gasteiger partial charge in [-0.3, -0.25) is 4.79 Å². The summed E-state index contributed by atoms with van der Waals surface area (Å²) in [4.78, 5) is 11.1. The van der Waals surface area contributed by atoms with E-state index in [0.29, 0.717) is 0 Å². The van der Waals surface area contributed by atoms with Gasteiger partial charge < -0.3 is 0 Å². The van der Waals surface area contributed by atoms with Crippen LogP contribution in [0, 0.1) is 0 Å². The quantitative estimate of drug-likeness (QED) is 0.438. The third kappa shape index (κ3) is 5.11. The monoisotopic (exact) mass is 168 g/mol. The van der Waals surface area contributed by atoms with E-state index in [9.17, 15) is 4.79 Å². The molecule has 0 saturated heterocycles. The SMILES string of the molecule is CCC=C(CCCCC)C(C)=O. The summed E-state index contributed by atoms with van der Waals surface area (Å²) in [5.41, 5.74) is 1.02. The molecule has 0 aliphatic carbocycles. The Balaban J connectivity index is 3.81. The molecule has 0 aromatic carbocycles. The number of unbranched alkanes of at least 4 members (excludes halogenated alkanes) is 2. The number of carbonyl (C=O) groups excluding carboxylic acids is 1. The Hall–Kier alpha value is -0.590. The minimum atomic E-state index is 0.243. The first-order valence-electron chi connectivity index (χ1n) is 4.92. The van der Waals surface area contributed by atoms with Crippen LogP contribution in [0.5, 0.6) is 0 Å². The number of hydrogen-bond donors (Lipinski definition) is 0. The first-order valence-corrected chi connectivity index (χ1v) is 4.92. The molecular formula is C11H20O. The highest BCUT2D eigenvalue weighted by atomic mass is 16.1. The Labute approximate surface area is 75.9 Å². The van der Waals surface area contributed by atoms with Crippen LogP contribution in [0.2, 0.25) is 0 Å². The van der Waals surface area contributed by atoms with Gasteiger partial charge in [-0.25, -0.2) is 0 Å². The van der Waals surface area contributed by atoms with Crippen LogP contribution in [0.15, 0.2) is 11.6 Å². The van der Waals surface area contributed by atoms with E-state index >= 15 is 0 Å². The van der Waals surface area contributed by atoms with Crippen LogP contribution >= 0.6 is 0 Å². The van der Waals surface area contributed by atoms with Crippen molar-refractivity contribution in [1.82, 2.24) is 0 Å². The standard InChI is InChI=1S/C11H20O/c1-4-6-7-9-11(8-5-2)10(3)12/h8H,4-7,9H2,1-3H3. The van der Waals surface area contributed by atoms with Crippen molar-refractivity contribution in [2.24, 2.45) is 0 Å². The molecule has 0 unspecified atom stereocenters. The van der Waals surface area contributed by atoms with Gasteiger partial charge in [-0.2, -0.15) is 0 Å². The molecule has 0 rings (SSSR count). The molecule has 0 N–H and O–H groups in total. The summed E-state index contributed by atoms with van der Waals surface area (Å²) in [5.74, 6) is 0.243. The largest absolute Gasteiger partial charge is 0.295 e. The minimum Gasteiger partial charge on any atom is -0.295 e. The third-order valence-electron chi connectivity index (χ3n) is 1.95. The van der Waals surface area contributed by atoms with Crippen LogP contribution in [0.1, 0.15) is 52.9 Å². The molecule has 0 saturated carbocycles. The second-order valence-electron chi connectivity index (χ2n) is 3.15. The highest BCUT2D eigenvalue weighted by Crippen LogP contribution is 2.10. The molecule has 1 heteroatoms. The molecule has 0 bridgehead atoms. The maximum atomic E-state index is 11.1. The van der Waals surface area contributed by atoms with Crippen molar-refractivity contribution in [3.05, 3.63) is 11.6 Å². The second-order valence-corrected chi connectivity index (χ2v) is 3.15. The lowest BCUT2D eigenvalue weighted by atomic mass is 10.0. The van der Waals surface area contributed by atoms with Crippen LogP contribution < -0.4 is 0 Å². The number of rotatable bonds is 6. The Kier molecular flexibility index (Phi) is 6.73. The highest BCUT2D eigenvalue weighted by Gasteiger charge is 2.01. The topological polar surface area (TPSA) is 17.1 Å². The van der Waals surface area contributed by atoms with E-state index in [2.05, 4.69) is 19.9 Å². The van der Waals surface area contributed by atoms with Gasteiger partial charge in [-0.05, 0) is 31.8 Å². The Bertz CT molecular complexity index is 156. The molecule has 0 fully saturated rings. The number of carbonyl (C=O) groups is 1. The smallest absolute Gasteiger partial charge is 0.155 e. The number of hydrogen-bond acceptors (Lipinski definition) is 1. The molecule has 0 aromatic rings. The van der Waals surface area contributed by atoms with E-state index in [0.717, 1.165) is 24.8 Å². The van der Waals surface area contributed by atoms with Crippen molar-refractivity contribution in [3.63, 3.8) is 0 Å². The zero-order valence-corrected chi connectivity index (χ0v) is 8.52. The minimum absolute atomic E-state index is 0.243. The molecule has 0 atom stereocenters. The summed E-state index contributed by atoms with van der Waals surface area (Å²) in [6.45, 7) is 5.91. The molecule has 0 aliphatic rings. The molecule has 0 radical (unpaired) electrons. The number of ketones is 1. The first kappa shape index (κ1) is 11.4. The first-order chi connectivity index (χ1) is 5.72. The van der Waals surface area contributed by atoms with Gasteiger partial charge in [-0.15, -0.1) is 0 Å². The van der Waals surface area contributed by atoms with Crippen LogP contribution in [-0.2, 0) is 4.79 Å². The van der Waals surface area contributed by atoms with Crippen LogP contribution in [0.4, 0.5) is 0 Å². The Morgan fingerprint density at radius 1 is 1.25 bits per heavy atom. The molecule has 0 aromatic heterocycles. The number of Topliss-reactive ketones (excluding diaryl/α,β-unsaturated/α-hetero) is 1. The van der Waals surface area contributed by atoms with E-state index in [1.165, 1.54) is 12.8 Å². The highest BCUT2D eigenvalue weighted by molar-refractivity contribution is 5.93. The Morgan fingerprint density at radius 2 is 1.92 bits per heavy atom. The van der Waals surface area contributed by atoms with E-state index in [1.807, 2.05) is 0 Å². The molecular weight excluding hydrogens is 148 g/mol. The molecule has 70 valence electrons. The van der Waals surface area contributed by atoms with Crippen molar-refractivity contribution in [1.29, 1.82) is 0 Å². The third-order valence-corrected chi connectivity index (χ3v) is 1.95. The van der Waals surface area contributed by atoms with Gasteiger partial charge in [0.15, 0.2) is 5.78 Å². The maximum absolute atomic E-state index is 11.1. The predicted molar refractivity (Wildman–Crippen MR) is 53.2 cm³/mol. The maximum Gasteiger partial charge on any atom is 0.155 e. The summed E-state index contributed by atoms with van der Waals surface area (Å²) in [5, 5.41) is 0. The Morgan fingerprint density at radius 3 is 2.33 bits per heavy atom. The lowest BCUT2D eigenvalue weighted by Gasteiger charge is -2.01. The fraction of sp³-hybridized carbons (Fsp3) is 0.727. The van der Waals surface area contributed by atoms with Crippen molar-refractivity contribution >= 4 is 5.78 Å². The van der Waals surface area contributed by atoms with Crippen molar-refractivity contribution in [3.8, 4) is 0 Å². The molecule has 0 aliphatic heterocycles. The predicted octanol–water partition coefficient (Wildman–Crippen LogP) is 3.49. The van der Waals surface area contributed by atoms with Crippen LogP contribution in [0.25, 0.3) is 0 Å². The second kappa shape index (κ2) is 7.08. The summed E-state index contributed by atoms with van der Waals surface area (Å²) in [7, 11) is 0. The van der Waals surface area contributed by atoms with E-state index in [4.69, 9.17) is 0 Å². The van der Waals surface area contributed by atoms with Gasteiger partial charge in [0.1, 0.15) is 0 Å². The molecule has 0 amide bonds. The van der Waals surface area contributed by atoms with Gasteiger partial charge >= 0.3 is 0 Å². The van der Waals surface area contributed by atoms with Gasteiger partial charge in [-0.1, -0.05) is 32.8 Å². The van der Waals surface area contributed by atoms with Crippen molar-refractivity contribution in [2.45, 2.75) is 52.9 Å². The van der Waals surface area contributed by atoms with Gasteiger partial charge in [0.25, 0.3) is 0 Å². The van der Waals surface area contributed by atoms with Gasteiger partial charge in [0, 0.05) is 0 Å². The average Bonchev–Trinajstić information content (AvgIpc) is 2.03. The number of allylic oxidation sites excluding steroid dienone is 2. The fourth-order valence-electron chi connectivity index (χ4n) is 1.23. The molecule has 12 heavy (non-hydrogen) atoms. The molecule has 1 nitrogen and oxygen atoms in total. The zero-order valence-electron chi connectivity index (χ0n) is 8.52. The normalized spacial score (nSPS) is 11.8. The summed E-state index contributed by atoms with van der Waals surface area (Å²) in [6, 6.07) is 0. The zero-order chi connectivity index (χ0) is 9.40. The van der Waals surface area contributed by atoms with Crippen molar-refractivity contribution < 1.29 is 4.79 Å². The summed E-state index contributed by atoms with van der Waals surface area (Å²) in [6.07, 6.45) is 7.60. The van der Waals surface area contributed by atoms with Crippen LogP contribution in [-0.4, -0.2) is 5.78 Å². The van der Waals surface area contributed by atoms with Crippen LogP contribution in [0.3, 0.4) is 0 Å². The summed E-state index contributed by atoms with van der Waals surface area (Å²) >= 11 is 0. The van der Waals surface area contributed by atoms with Gasteiger partial charge in [0.2, 0.25) is 0 Å². The van der Waals surface area contributed by atoms with E-state index in [-0.39, 0.29) is 5.78 Å². The molecule has 0 heterocycles. The summed E-state index contributed by atoms with van der Waals surface area (Å²) < 4.78 is 0. The van der Waals surface area contributed by atoms with Gasteiger partial charge in [0.05, 0.1) is 0 Å². The fourth-order valence-corrected chi connectivity index (χ4v) is 1.23. The van der Waals surface area contributed by atoms with E-state index in [1.54, 1.807) is 6.92 Å².